The lowest BCUT2D eigenvalue weighted by Crippen LogP contribution is -2.31. The van der Waals surface area contributed by atoms with E-state index >= 15 is 0 Å². The Kier molecular flexibility index (Phi) is 5.03. The summed E-state index contributed by atoms with van der Waals surface area (Å²) >= 11 is 0. The Bertz CT molecular complexity index is 319. The molecule has 1 rings (SSSR count). The first-order chi connectivity index (χ1) is 7.65. The van der Waals surface area contributed by atoms with Gasteiger partial charge in [-0.3, -0.25) is 4.79 Å². The Morgan fingerprint density at radius 1 is 1.25 bits per heavy atom. The molecule has 0 aliphatic rings. The van der Waals surface area contributed by atoms with Crippen molar-refractivity contribution in [1.82, 2.24) is 5.32 Å². The third-order valence-electron chi connectivity index (χ3n) is 2.61. The van der Waals surface area contributed by atoms with Crippen LogP contribution in [-0.4, -0.2) is 12.5 Å². The average Bonchev–Trinajstić information content (AvgIpc) is 2.29. The predicted molar refractivity (Wildman–Crippen MR) is 67.3 cm³/mol. The van der Waals surface area contributed by atoms with Crippen LogP contribution in [-0.2, 0) is 4.79 Å². The molecule has 1 aromatic rings. The highest BCUT2D eigenvalue weighted by molar-refractivity contribution is 5.83. The summed E-state index contributed by atoms with van der Waals surface area (Å²) in [6, 6.07) is 9.97. The van der Waals surface area contributed by atoms with E-state index in [9.17, 15) is 4.79 Å². The lowest BCUT2D eigenvalue weighted by atomic mass is 9.95. The van der Waals surface area contributed by atoms with Crippen LogP contribution in [0.3, 0.4) is 0 Å². The summed E-state index contributed by atoms with van der Waals surface area (Å²) < 4.78 is 0. The lowest BCUT2D eigenvalue weighted by molar-refractivity contribution is -0.122. The standard InChI is InChI=1S/C14H21NO/c1-4-13(12-8-6-5-7-9-12)14(16)15-10-11(2)3/h5-9,11,13H,4,10H2,1-3H3,(H,15,16). The number of hydrogen-bond acceptors (Lipinski definition) is 1. The number of benzene rings is 1. The monoisotopic (exact) mass is 219 g/mol. The lowest BCUT2D eigenvalue weighted by Gasteiger charge is -2.16. The molecule has 1 aromatic carbocycles. The van der Waals surface area contributed by atoms with Gasteiger partial charge in [-0.25, -0.2) is 0 Å². The van der Waals surface area contributed by atoms with E-state index in [4.69, 9.17) is 0 Å². The first-order valence-electron chi connectivity index (χ1n) is 5.97. The number of rotatable bonds is 5. The van der Waals surface area contributed by atoms with Crippen LogP contribution in [0.25, 0.3) is 0 Å². The summed E-state index contributed by atoms with van der Waals surface area (Å²) in [5.74, 6) is 0.625. The number of carbonyl (C=O) groups is 1. The van der Waals surface area contributed by atoms with Gasteiger partial charge < -0.3 is 5.32 Å². The van der Waals surface area contributed by atoms with E-state index in [0.29, 0.717) is 5.92 Å². The van der Waals surface area contributed by atoms with Gasteiger partial charge in [0.05, 0.1) is 5.92 Å². The van der Waals surface area contributed by atoms with Crippen LogP contribution in [0.1, 0.15) is 38.7 Å². The molecular formula is C14H21NO. The topological polar surface area (TPSA) is 29.1 Å². The Hall–Kier alpha value is -1.31. The van der Waals surface area contributed by atoms with E-state index in [1.807, 2.05) is 37.3 Å². The third kappa shape index (κ3) is 3.69. The highest BCUT2D eigenvalue weighted by Gasteiger charge is 2.17. The molecule has 88 valence electrons. The summed E-state index contributed by atoms with van der Waals surface area (Å²) in [7, 11) is 0. The van der Waals surface area contributed by atoms with Crippen LogP contribution in [0, 0.1) is 5.92 Å². The van der Waals surface area contributed by atoms with E-state index in [1.165, 1.54) is 0 Å². The van der Waals surface area contributed by atoms with Crippen molar-refractivity contribution >= 4 is 5.91 Å². The van der Waals surface area contributed by atoms with Crippen molar-refractivity contribution in [3.8, 4) is 0 Å². The molecular weight excluding hydrogens is 198 g/mol. The summed E-state index contributed by atoms with van der Waals surface area (Å²) in [6.07, 6.45) is 0.841. The molecule has 1 N–H and O–H groups in total. The molecule has 0 saturated carbocycles. The van der Waals surface area contributed by atoms with Crippen LogP contribution in [0.15, 0.2) is 30.3 Å². The molecule has 0 aromatic heterocycles. The highest BCUT2D eigenvalue weighted by atomic mass is 16.1. The van der Waals surface area contributed by atoms with Crippen molar-refractivity contribution in [2.75, 3.05) is 6.54 Å². The Morgan fingerprint density at radius 3 is 2.38 bits per heavy atom. The molecule has 0 spiro atoms. The van der Waals surface area contributed by atoms with E-state index in [2.05, 4.69) is 19.2 Å². The minimum absolute atomic E-state index is 0.0139. The molecule has 0 saturated heterocycles. The van der Waals surface area contributed by atoms with Gasteiger partial charge in [-0.2, -0.15) is 0 Å². The smallest absolute Gasteiger partial charge is 0.227 e. The molecule has 0 bridgehead atoms. The van der Waals surface area contributed by atoms with Gasteiger partial charge in [-0.15, -0.1) is 0 Å². The van der Waals surface area contributed by atoms with Gasteiger partial charge in [0.2, 0.25) is 5.91 Å². The first kappa shape index (κ1) is 12.8. The molecule has 0 radical (unpaired) electrons. The summed E-state index contributed by atoms with van der Waals surface area (Å²) in [6.45, 7) is 7.00. The minimum Gasteiger partial charge on any atom is -0.355 e. The second kappa shape index (κ2) is 6.31. The van der Waals surface area contributed by atoms with Crippen molar-refractivity contribution in [1.29, 1.82) is 0 Å². The van der Waals surface area contributed by atoms with Crippen LogP contribution in [0.4, 0.5) is 0 Å². The van der Waals surface area contributed by atoms with Crippen LogP contribution < -0.4 is 5.32 Å². The summed E-state index contributed by atoms with van der Waals surface area (Å²) in [5.41, 5.74) is 1.10. The molecule has 1 amide bonds. The largest absolute Gasteiger partial charge is 0.355 e. The van der Waals surface area contributed by atoms with Gasteiger partial charge in [0, 0.05) is 6.54 Å². The maximum atomic E-state index is 12.0. The van der Waals surface area contributed by atoms with Crippen LogP contribution in [0.5, 0.6) is 0 Å². The van der Waals surface area contributed by atoms with Gasteiger partial charge in [-0.05, 0) is 17.9 Å². The maximum Gasteiger partial charge on any atom is 0.227 e. The second-order valence-electron chi connectivity index (χ2n) is 4.51. The third-order valence-corrected chi connectivity index (χ3v) is 2.61. The molecule has 0 fully saturated rings. The second-order valence-corrected chi connectivity index (χ2v) is 4.51. The van der Waals surface area contributed by atoms with Crippen molar-refractivity contribution in [2.24, 2.45) is 5.92 Å². The summed E-state index contributed by atoms with van der Waals surface area (Å²) in [4.78, 5) is 12.0. The minimum atomic E-state index is -0.0139. The van der Waals surface area contributed by atoms with E-state index < -0.39 is 0 Å². The van der Waals surface area contributed by atoms with E-state index in [-0.39, 0.29) is 11.8 Å². The zero-order chi connectivity index (χ0) is 12.0. The number of hydrogen-bond donors (Lipinski definition) is 1. The molecule has 2 nitrogen and oxygen atoms in total. The zero-order valence-corrected chi connectivity index (χ0v) is 10.4. The first-order valence-corrected chi connectivity index (χ1v) is 5.97. The van der Waals surface area contributed by atoms with Crippen molar-refractivity contribution in [2.45, 2.75) is 33.1 Å². The fourth-order valence-corrected chi connectivity index (χ4v) is 1.69. The number of carbonyl (C=O) groups excluding carboxylic acids is 1. The molecule has 0 heterocycles. The van der Waals surface area contributed by atoms with Crippen LogP contribution >= 0.6 is 0 Å². The normalized spacial score (nSPS) is 12.5. The molecule has 0 aliphatic heterocycles. The number of amides is 1. The molecule has 1 unspecified atom stereocenters. The van der Waals surface area contributed by atoms with E-state index in [1.54, 1.807) is 0 Å². The number of nitrogens with one attached hydrogen (secondary N) is 1. The van der Waals surface area contributed by atoms with Crippen molar-refractivity contribution < 1.29 is 4.79 Å². The Morgan fingerprint density at radius 2 is 1.88 bits per heavy atom. The van der Waals surface area contributed by atoms with Gasteiger partial charge >= 0.3 is 0 Å². The Balaban J connectivity index is 2.64. The van der Waals surface area contributed by atoms with Crippen molar-refractivity contribution in [3.63, 3.8) is 0 Å². The van der Waals surface area contributed by atoms with Gasteiger partial charge in [0.15, 0.2) is 0 Å². The fraction of sp³-hybridized carbons (Fsp3) is 0.500. The fourth-order valence-electron chi connectivity index (χ4n) is 1.69. The quantitative estimate of drug-likeness (QED) is 0.810. The zero-order valence-electron chi connectivity index (χ0n) is 10.4. The molecule has 16 heavy (non-hydrogen) atoms. The molecule has 0 aliphatic carbocycles. The van der Waals surface area contributed by atoms with Gasteiger partial charge in [0.25, 0.3) is 0 Å². The molecule has 1 atom stereocenters. The molecule has 2 heteroatoms. The summed E-state index contributed by atoms with van der Waals surface area (Å²) in [5, 5.41) is 2.99. The predicted octanol–water partition coefficient (Wildman–Crippen LogP) is 2.95. The maximum absolute atomic E-state index is 12.0. The van der Waals surface area contributed by atoms with Crippen molar-refractivity contribution in [3.05, 3.63) is 35.9 Å². The Labute approximate surface area is 98.1 Å². The van der Waals surface area contributed by atoms with E-state index in [0.717, 1.165) is 18.5 Å². The van der Waals surface area contributed by atoms with Crippen LogP contribution in [0.2, 0.25) is 0 Å². The average molecular weight is 219 g/mol. The van der Waals surface area contributed by atoms with Gasteiger partial charge in [-0.1, -0.05) is 51.1 Å². The van der Waals surface area contributed by atoms with Gasteiger partial charge in [0.1, 0.15) is 0 Å². The highest BCUT2D eigenvalue weighted by Crippen LogP contribution is 2.19. The SMILES string of the molecule is CCC(C(=O)NCC(C)C)c1ccccc1.